The zero-order valence-corrected chi connectivity index (χ0v) is 13.8. The number of amides is 1. The maximum absolute atomic E-state index is 13.5. The summed E-state index contributed by atoms with van der Waals surface area (Å²) in [4.78, 5) is 11.3. The van der Waals surface area contributed by atoms with Crippen LogP contribution in [0, 0.1) is 17.5 Å². The Morgan fingerprint density at radius 1 is 1.31 bits per heavy atom. The van der Waals surface area contributed by atoms with Crippen molar-refractivity contribution < 1.29 is 31.5 Å². The van der Waals surface area contributed by atoms with Crippen LogP contribution in [0.25, 0.3) is 11.1 Å². The first kappa shape index (κ1) is 19.6. The lowest BCUT2D eigenvalue weighted by Crippen LogP contribution is -2.34. The van der Waals surface area contributed by atoms with Crippen molar-refractivity contribution >= 4 is 29.2 Å². The number of benzene rings is 1. The maximum Gasteiger partial charge on any atom is 0.413 e. The molecule has 0 aliphatic rings. The van der Waals surface area contributed by atoms with Crippen molar-refractivity contribution in [2.45, 2.75) is 13.3 Å². The standard InChI is InChI=1S/C14H11F5N4O2S/c1-2-25-14(24)21-13(26)20-12-8(10(11(18)19)22-23-12)5-3-6(15)9(17)7(16)4-5/h3-4,11H,2H2,1H3,(H3,20,21,22,23,24,26). The van der Waals surface area contributed by atoms with Gasteiger partial charge in [0.2, 0.25) is 0 Å². The van der Waals surface area contributed by atoms with Crippen LogP contribution in [0.3, 0.4) is 0 Å². The molecular formula is C14H11F5N4O2S. The van der Waals surface area contributed by atoms with Gasteiger partial charge in [-0.1, -0.05) is 0 Å². The molecular weight excluding hydrogens is 383 g/mol. The van der Waals surface area contributed by atoms with Crippen LogP contribution in [0.4, 0.5) is 32.6 Å². The minimum Gasteiger partial charge on any atom is -0.450 e. The summed E-state index contributed by atoms with van der Waals surface area (Å²) in [5, 5.41) is 9.65. The second kappa shape index (κ2) is 8.08. The first-order chi connectivity index (χ1) is 12.2. The fraction of sp³-hybridized carbons (Fsp3) is 0.214. The average Bonchev–Trinajstić information content (AvgIpc) is 2.95. The van der Waals surface area contributed by atoms with Gasteiger partial charge in [-0.05, 0) is 36.8 Å². The molecule has 6 nitrogen and oxygen atoms in total. The van der Waals surface area contributed by atoms with E-state index in [4.69, 9.17) is 12.2 Å². The number of H-pyrrole nitrogens is 1. The van der Waals surface area contributed by atoms with E-state index in [0.717, 1.165) is 0 Å². The molecule has 0 radical (unpaired) electrons. The van der Waals surface area contributed by atoms with Gasteiger partial charge in [-0.25, -0.2) is 26.7 Å². The van der Waals surface area contributed by atoms with E-state index in [1.165, 1.54) is 0 Å². The first-order valence-electron chi connectivity index (χ1n) is 7.00. The molecule has 1 aromatic carbocycles. The van der Waals surface area contributed by atoms with Crippen molar-refractivity contribution in [1.82, 2.24) is 15.5 Å². The third-order valence-electron chi connectivity index (χ3n) is 3.00. The molecule has 3 N–H and O–H groups in total. The Bertz CT molecular complexity index is 820. The van der Waals surface area contributed by atoms with Gasteiger partial charge in [0.05, 0.1) is 12.2 Å². The quantitative estimate of drug-likeness (QED) is 0.417. The summed E-state index contributed by atoms with van der Waals surface area (Å²) in [5.74, 6) is -5.17. The van der Waals surface area contributed by atoms with Crippen LogP contribution in [0.1, 0.15) is 19.0 Å². The summed E-state index contributed by atoms with van der Waals surface area (Å²) in [6.07, 6.45) is -4.02. The molecule has 1 aromatic heterocycles. The van der Waals surface area contributed by atoms with Crippen molar-refractivity contribution in [3.63, 3.8) is 0 Å². The highest BCUT2D eigenvalue weighted by atomic mass is 32.1. The monoisotopic (exact) mass is 394 g/mol. The van der Waals surface area contributed by atoms with E-state index in [1.54, 1.807) is 6.92 Å². The zero-order valence-electron chi connectivity index (χ0n) is 13.0. The normalized spacial score (nSPS) is 10.7. The van der Waals surface area contributed by atoms with Crippen LogP contribution in [-0.2, 0) is 4.74 Å². The predicted octanol–water partition coefficient (Wildman–Crippen LogP) is 3.87. The van der Waals surface area contributed by atoms with E-state index >= 15 is 0 Å². The van der Waals surface area contributed by atoms with Gasteiger partial charge in [0.25, 0.3) is 6.43 Å². The summed E-state index contributed by atoms with van der Waals surface area (Å²) in [5.41, 5.74) is -1.70. The van der Waals surface area contributed by atoms with Gasteiger partial charge >= 0.3 is 6.09 Å². The molecule has 0 saturated carbocycles. The van der Waals surface area contributed by atoms with Crippen LogP contribution >= 0.6 is 12.2 Å². The number of ether oxygens (including phenoxy) is 1. The number of alkyl halides is 2. The van der Waals surface area contributed by atoms with Crippen molar-refractivity contribution in [3.05, 3.63) is 35.3 Å². The molecule has 1 amide bonds. The number of carbonyl (C=O) groups is 1. The molecule has 140 valence electrons. The summed E-state index contributed by atoms with van der Waals surface area (Å²) >= 11 is 4.82. The van der Waals surface area contributed by atoms with Gasteiger partial charge in [0.1, 0.15) is 11.5 Å². The minimum atomic E-state index is -3.11. The van der Waals surface area contributed by atoms with Crippen LogP contribution < -0.4 is 10.6 Å². The van der Waals surface area contributed by atoms with Gasteiger partial charge in [0, 0.05) is 0 Å². The molecule has 26 heavy (non-hydrogen) atoms. The molecule has 2 rings (SSSR count). The number of hydrogen-bond acceptors (Lipinski definition) is 4. The third-order valence-corrected chi connectivity index (χ3v) is 3.21. The number of hydrogen-bond donors (Lipinski definition) is 3. The lowest BCUT2D eigenvalue weighted by Gasteiger charge is -2.11. The molecule has 0 saturated heterocycles. The highest BCUT2D eigenvalue weighted by Crippen LogP contribution is 2.36. The van der Waals surface area contributed by atoms with Gasteiger partial charge in [-0.3, -0.25) is 10.4 Å². The Morgan fingerprint density at radius 3 is 2.46 bits per heavy atom. The number of halogens is 5. The highest BCUT2D eigenvalue weighted by Gasteiger charge is 2.25. The fourth-order valence-corrected chi connectivity index (χ4v) is 2.19. The number of aromatic amines is 1. The van der Waals surface area contributed by atoms with Gasteiger partial charge in [-0.15, -0.1) is 0 Å². The van der Waals surface area contributed by atoms with Crippen molar-refractivity contribution in [2.75, 3.05) is 11.9 Å². The van der Waals surface area contributed by atoms with E-state index in [9.17, 15) is 26.7 Å². The van der Waals surface area contributed by atoms with E-state index < -0.39 is 46.8 Å². The molecule has 0 atom stereocenters. The van der Waals surface area contributed by atoms with Gasteiger partial charge in [-0.2, -0.15) is 5.10 Å². The zero-order chi connectivity index (χ0) is 19.4. The van der Waals surface area contributed by atoms with Gasteiger partial charge in [0.15, 0.2) is 22.6 Å². The Hall–Kier alpha value is -2.76. The lowest BCUT2D eigenvalue weighted by molar-refractivity contribution is 0.146. The number of aromatic nitrogens is 2. The Balaban J connectivity index is 2.41. The fourth-order valence-electron chi connectivity index (χ4n) is 2.00. The summed E-state index contributed by atoms with van der Waals surface area (Å²) < 4.78 is 71.0. The summed E-state index contributed by atoms with van der Waals surface area (Å²) in [7, 11) is 0. The van der Waals surface area contributed by atoms with Gasteiger partial charge < -0.3 is 10.1 Å². The SMILES string of the molecule is CCOC(=O)NC(=S)Nc1[nH]nc(C(F)F)c1-c1cc(F)c(F)c(F)c1. The second-order valence-electron chi connectivity index (χ2n) is 4.71. The second-order valence-corrected chi connectivity index (χ2v) is 5.12. The number of nitrogens with zero attached hydrogens (tertiary/aromatic N) is 1. The minimum absolute atomic E-state index is 0.0629. The van der Waals surface area contributed by atoms with E-state index in [0.29, 0.717) is 12.1 Å². The topological polar surface area (TPSA) is 79.0 Å². The highest BCUT2D eigenvalue weighted by molar-refractivity contribution is 7.80. The maximum atomic E-state index is 13.5. The van der Waals surface area contributed by atoms with E-state index in [1.807, 2.05) is 0 Å². The molecule has 0 aliphatic carbocycles. The third kappa shape index (κ3) is 4.25. The molecule has 2 aromatic rings. The molecule has 0 bridgehead atoms. The molecule has 1 heterocycles. The number of alkyl carbamates (subject to hydrolysis) is 1. The molecule has 12 heteroatoms. The Morgan fingerprint density at radius 2 is 1.92 bits per heavy atom. The van der Waals surface area contributed by atoms with Crippen molar-refractivity contribution in [2.24, 2.45) is 0 Å². The molecule has 0 fully saturated rings. The van der Waals surface area contributed by atoms with Crippen molar-refractivity contribution in [1.29, 1.82) is 0 Å². The number of carbonyl (C=O) groups excluding carboxylic acids is 1. The van der Waals surface area contributed by atoms with E-state index in [-0.39, 0.29) is 17.5 Å². The smallest absolute Gasteiger partial charge is 0.413 e. The number of nitrogens with one attached hydrogen (secondary N) is 3. The first-order valence-corrected chi connectivity index (χ1v) is 7.41. The molecule has 0 spiro atoms. The van der Waals surface area contributed by atoms with Crippen LogP contribution in [0.15, 0.2) is 12.1 Å². The van der Waals surface area contributed by atoms with Crippen LogP contribution in [-0.4, -0.2) is 28.0 Å². The molecule has 0 unspecified atom stereocenters. The number of thiocarbonyl (C=S) groups is 1. The van der Waals surface area contributed by atoms with Crippen molar-refractivity contribution in [3.8, 4) is 11.1 Å². The molecule has 0 aliphatic heterocycles. The Kier molecular flexibility index (Phi) is 6.08. The van der Waals surface area contributed by atoms with Crippen LogP contribution in [0.5, 0.6) is 0 Å². The average molecular weight is 394 g/mol. The Labute approximate surface area is 148 Å². The summed E-state index contributed by atoms with van der Waals surface area (Å²) in [6.45, 7) is 1.61. The number of rotatable bonds is 4. The van der Waals surface area contributed by atoms with E-state index in [2.05, 4.69) is 25.6 Å². The predicted molar refractivity (Wildman–Crippen MR) is 85.2 cm³/mol. The van der Waals surface area contributed by atoms with Crippen LogP contribution in [0.2, 0.25) is 0 Å². The largest absolute Gasteiger partial charge is 0.450 e. The number of anilines is 1. The summed E-state index contributed by atoms with van der Waals surface area (Å²) in [6, 6.07) is 1.06. The lowest BCUT2D eigenvalue weighted by atomic mass is 10.0.